The molecule has 0 aromatic heterocycles. The Bertz CT molecular complexity index is 796. The second-order valence-corrected chi connectivity index (χ2v) is 7.59. The van der Waals surface area contributed by atoms with Gasteiger partial charge in [0, 0.05) is 24.9 Å². The third kappa shape index (κ3) is 4.80. The van der Waals surface area contributed by atoms with Crippen molar-refractivity contribution < 1.29 is 13.2 Å². The van der Waals surface area contributed by atoms with Gasteiger partial charge >= 0.3 is 0 Å². The number of carbonyl (C=O) groups is 1. The molecule has 0 spiro atoms. The fourth-order valence-electron chi connectivity index (χ4n) is 2.37. The minimum absolute atomic E-state index is 0.133. The maximum Gasteiger partial charge on any atom is 0.254 e. The van der Waals surface area contributed by atoms with Crippen molar-refractivity contribution in [2.45, 2.75) is 11.3 Å². The summed E-state index contributed by atoms with van der Waals surface area (Å²) >= 11 is 0. The topological polar surface area (TPSA) is 54.5 Å². The third-order valence-electron chi connectivity index (χ3n) is 3.68. The van der Waals surface area contributed by atoms with Gasteiger partial charge < -0.3 is 4.90 Å². The summed E-state index contributed by atoms with van der Waals surface area (Å²) in [6.07, 6.45) is 3.59. The van der Waals surface area contributed by atoms with Crippen LogP contribution in [0.3, 0.4) is 0 Å². The number of amides is 1. The first-order valence-corrected chi connectivity index (χ1v) is 9.55. The fraction of sp³-hybridized carbons (Fsp3) is 0.211. The summed E-state index contributed by atoms with van der Waals surface area (Å²) in [7, 11) is -3.26. The third-order valence-corrected chi connectivity index (χ3v) is 4.81. The largest absolute Gasteiger partial charge is 0.335 e. The van der Waals surface area contributed by atoms with Crippen molar-refractivity contribution in [3.8, 4) is 0 Å². The molecule has 0 saturated carbocycles. The molecule has 0 fully saturated rings. The number of rotatable bonds is 7. The second-order valence-electron chi connectivity index (χ2n) is 5.57. The SMILES string of the molecule is C=CCN(CCc1ccccc1)C(=O)c1ccc(S(C)(=O)=O)cc1. The van der Waals surface area contributed by atoms with Crippen LogP contribution in [0.2, 0.25) is 0 Å². The molecule has 2 rings (SSSR count). The lowest BCUT2D eigenvalue weighted by molar-refractivity contribution is 0.0775. The molecule has 4 nitrogen and oxygen atoms in total. The van der Waals surface area contributed by atoms with Crippen molar-refractivity contribution in [1.29, 1.82) is 0 Å². The number of carbonyl (C=O) groups excluding carboxylic acids is 1. The van der Waals surface area contributed by atoms with Crippen molar-refractivity contribution in [3.05, 3.63) is 78.4 Å². The van der Waals surface area contributed by atoms with Gasteiger partial charge in [-0.2, -0.15) is 0 Å². The lowest BCUT2D eigenvalue weighted by Crippen LogP contribution is -2.33. The highest BCUT2D eigenvalue weighted by atomic mass is 32.2. The summed E-state index contributed by atoms with van der Waals surface area (Å²) in [5.41, 5.74) is 1.63. The van der Waals surface area contributed by atoms with E-state index in [-0.39, 0.29) is 10.8 Å². The molecule has 0 saturated heterocycles. The van der Waals surface area contributed by atoms with Crippen molar-refractivity contribution >= 4 is 15.7 Å². The van der Waals surface area contributed by atoms with Crippen LogP contribution < -0.4 is 0 Å². The molecule has 0 atom stereocenters. The Kier molecular flexibility index (Phi) is 5.93. The summed E-state index contributed by atoms with van der Waals surface area (Å²) in [5, 5.41) is 0. The summed E-state index contributed by atoms with van der Waals surface area (Å²) in [6.45, 7) is 4.72. The van der Waals surface area contributed by atoms with E-state index in [1.807, 2.05) is 30.3 Å². The summed E-state index contributed by atoms with van der Waals surface area (Å²) in [6, 6.07) is 16.0. The first-order chi connectivity index (χ1) is 11.4. The normalized spacial score (nSPS) is 11.0. The van der Waals surface area contributed by atoms with E-state index >= 15 is 0 Å². The highest BCUT2D eigenvalue weighted by Gasteiger charge is 2.15. The monoisotopic (exact) mass is 343 g/mol. The Hall–Kier alpha value is -2.40. The van der Waals surface area contributed by atoms with E-state index in [0.29, 0.717) is 18.7 Å². The number of nitrogens with zero attached hydrogens (tertiary/aromatic N) is 1. The number of sulfone groups is 1. The molecule has 0 unspecified atom stereocenters. The van der Waals surface area contributed by atoms with Gasteiger partial charge in [-0.05, 0) is 36.2 Å². The lowest BCUT2D eigenvalue weighted by Gasteiger charge is -2.21. The minimum Gasteiger partial charge on any atom is -0.335 e. The molecule has 126 valence electrons. The van der Waals surface area contributed by atoms with Gasteiger partial charge in [0.05, 0.1) is 4.90 Å². The molecule has 2 aromatic rings. The Balaban J connectivity index is 2.12. The van der Waals surface area contributed by atoms with Crippen LogP contribution in [0.5, 0.6) is 0 Å². The molecule has 0 aliphatic rings. The van der Waals surface area contributed by atoms with Crippen molar-refractivity contribution in [1.82, 2.24) is 4.90 Å². The molecule has 0 aliphatic carbocycles. The van der Waals surface area contributed by atoms with Gasteiger partial charge in [0.1, 0.15) is 0 Å². The molecule has 5 heteroatoms. The van der Waals surface area contributed by atoms with Crippen LogP contribution in [-0.2, 0) is 16.3 Å². The molecule has 0 bridgehead atoms. The van der Waals surface area contributed by atoms with Gasteiger partial charge in [0.15, 0.2) is 9.84 Å². The predicted octanol–water partition coefficient (Wildman–Crippen LogP) is 2.96. The van der Waals surface area contributed by atoms with Gasteiger partial charge in [0.25, 0.3) is 5.91 Å². The molecule has 0 radical (unpaired) electrons. The Morgan fingerprint density at radius 3 is 2.25 bits per heavy atom. The number of benzene rings is 2. The van der Waals surface area contributed by atoms with E-state index in [1.165, 1.54) is 12.1 Å². The summed E-state index contributed by atoms with van der Waals surface area (Å²) in [5.74, 6) is -0.133. The summed E-state index contributed by atoms with van der Waals surface area (Å²) in [4.78, 5) is 14.6. The molecular weight excluding hydrogens is 322 g/mol. The smallest absolute Gasteiger partial charge is 0.254 e. The second kappa shape index (κ2) is 7.93. The average Bonchev–Trinajstić information content (AvgIpc) is 2.58. The lowest BCUT2D eigenvalue weighted by atomic mass is 10.1. The first-order valence-electron chi connectivity index (χ1n) is 7.66. The number of hydrogen-bond acceptors (Lipinski definition) is 3. The highest BCUT2D eigenvalue weighted by molar-refractivity contribution is 7.90. The minimum atomic E-state index is -3.26. The maximum absolute atomic E-state index is 12.6. The van der Waals surface area contributed by atoms with Crippen LogP contribution in [0.4, 0.5) is 0 Å². The van der Waals surface area contributed by atoms with Crippen molar-refractivity contribution in [2.75, 3.05) is 19.3 Å². The fourth-order valence-corrected chi connectivity index (χ4v) is 3.00. The van der Waals surface area contributed by atoms with Crippen molar-refractivity contribution in [2.24, 2.45) is 0 Å². The van der Waals surface area contributed by atoms with Gasteiger partial charge in [-0.1, -0.05) is 36.4 Å². The molecule has 1 amide bonds. The molecular formula is C19H21NO3S. The molecule has 0 N–H and O–H groups in total. The molecule has 0 aliphatic heterocycles. The van der Waals surface area contributed by atoms with Crippen LogP contribution in [0.15, 0.2) is 72.1 Å². The van der Waals surface area contributed by atoms with E-state index in [0.717, 1.165) is 18.2 Å². The highest BCUT2D eigenvalue weighted by Crippen LogP contribution is 2.13. The zero-order valence-corrected chi connectivity index (χ0v) is 14.5. The Labute approximate surface area is 143 Å². The van der Waals surface area contributed by atoms with Crippen LogP contribution >= 0.6 is 0 Å². The van der Waals surface area contributed by atoms with E-state index in [1.54, 1.807) is 23.1 Å². The molecule has 2 aromatic carbocycles. The summed E-state index contributed by atoms with van der Waals surface area (Å²) < 4.78 is 23.0. The molecule has 0 heterocycles. The van der Waals surface area contributed by atoms with Crippen LogP contribution in [0.25, 0.3) is 0 Å². The first kappa shape index (κ1) is 17.9. The van der Waals surface area contributed by atoms with Gasteiger partial charge in [-0.25, -0.2) is 8.42 Å². The van der Waals surface area contributed by atoms with Crippen LogP contribution in [0.1, 0.15) is 15.9 Å². The van der Waals surface area contributed by atoms with E-state index in [9.17, 15) is 13.2 Å². The van der Waals surface area contributed by atoms with Gasteiger partial charge in [0.2, 0.25) is 0 Å². The van der Waals surface area contributed by atoms with Gasteiger partial charge in [-0.3, -0.25) is 4.79 Å². The maximum atomic E-state index is 12.6. The van der Waals surface area contributed by atoms with Crippen molar-refractivity contribution in [3.63, 3.8) is 0 Å². The average molecular weight is 343 g/mol. The number of hydrogen-bond donors (Lipinski definition) is 0. The zero-order valence-electron chi connectivity index (χ0n) is 13.7. The predicted molar refractivity (Wildman–Crippen MR) is 95.8 cm³/mol. The van der Waals surface area contributed by atoms with Gasteiger partial charge in [-0.15, -0.1) is 6.58 Å². The molecule has 24 heavy (non-hydrogen) atoms. The quantitative estimate of drug-likeness (QED) is 0.726. The Morgan fingerprint density at radius 2 is 1.71 bits per heavy atom. The van der Waals surface area contributed by atoms with E-state index in [4.69, 9.17) is 0 Å². The van der Waals surface area contributed by atoms with Crippen LogP contribution in [-0.4, -0.2) is 38.6 Å². The van der Waals surface area contributed by atoms with E-state index in [2.05, 4.69) is 6.58 Å². The van der Waals surface area contributed by atoms with Crippen LogP contribution in [0, 0.1) is 0 Å². The zero-order chi connectivity index (χ0) is 17.6. The standard InChI is InChI=1S/C19H21NO3S/c1-3-14-20(15-13-16-7-5-4-6-8-16)19(21)17-9-11-18(12-10-17)24(2,22)23/h3-12H,1,13-15H2,2H3. The Morgan fingerprint density at radius 1 is 1.08 bits per heavy atom. The van der Waals surface area contributed by atoms with E-state index < -0.39 is 9.84 Å².